The van der Waals surface area contributed by atoms with E-state index in [4.69, 9.17) is 4.74 Å². The van der Waals surface area contributed by atoms with E-state index < -0.39 is 0 Å². The standard InChI is InChI=1S/C19H23IN2O/c1-22(2)11-12-23-15-7-8-16-14(13-15)9-10-21-19(16)17-5-3-4-6-18(17)20/h3-8,13,19,21H,9-12H2,1-2H3. The van der Waals surface area contributed by atoms with Crippen LogP contribution in [0.5, 0.6) is 5.75 Å². The number of hydrogen-bond donors (Lipinski definition) is 1. The lowest BCUT2D eigenvalue weighted by atomic mass is 9.90. The van der Waals surface area contributed by atoms with E-state index in [1.165, 1.54) is 20.3 Å². The third kappa shape index (κ3) is 4.05. The Morgan fingerprint density at radius 2 is 2.00 bits per heavy atom. The second kappa shape index (κ2) is 7.64. The maximum Gasteiger partial charge on any atom is 0.119 e. The molecule has 4 heteroatoms. The number of likely N-dealkylation sites (N-methyl/N-ethyl adjacent to an activating group) is 1. The first-order valence-corrected chi connectivity index (χ1v) is 9.11. The summed E-state index contributed by atoms with van der Waals surface area (Å²) in [6, 6.07) is 15.4. The highest BCUT2D eigenvalue weighted by molar-refractivity contribution is 14.1. The molecule has 0 saturated carbocycles. The van der Waals surface area contributed by atoms with Gasteiger partial charge in [-0.15, -0.1) is 0 Å². The fourth-order valence-corrected chi connectivity index (χ4v) is 3.66. The van der Waals surface area contributed by atoms with Crippen LogP contribution in [0.1, 0.15) is 22.7 Å². The topological polar surface area (TPSA) is 24.5 Å². The number of rotatable bonds is 5. The van der Waals surface area contributed by atoms with Crippen molar-refractivity contribution in [2.24, 2.45) is 0 Å². The van der Waals surface area contributed by atoms with E-state index in [0.717, 1.165) is 31.9 Å². The van der Waals surface area contributed by atoms with Gasteiger partial charge in [0.05, 0.1) is 6.04 Å². The van der Waals surface area contributed by atoms with Crippen molar-refractivity contribution in [1.82, 2.24) is 10.2 Å². The normalized spacial score (nSPS) is 17.1. The quantitative estimate of drug-likeness (QED) is 0.748. The minimum absolute atomic E-state index is 0.280. The Morgan fingerprint density at radius 3 is 2.78 bits per heavy atom. The molecule has 23 heavy (non-hydrogen) atoms. The predicted molar refractivity (Wildman–Crippen MR) is 103 cm³/mol. The smallest absolute Gasteiger partial charge is 0.119 e. The van der Waals surface area contributed by atoms with E-state index in [9.17, 15) is 0 Å². The lowest BCUT2D eigenvalue weighted by Gasteiger charge is -2.28. The summed E-state index contributed by atoms with van der Waals surface area (Å²) < 4.78 is 7.19. The third-order valence-corrected chi connectivity index (χ3v) is 5.17. The average molecular weight is 422 g/mol. The van der Waals surface area contributed by atoms with Gasteiger partial charge in [0.15, 0.2) is 0 Å². The first-order valence-electron chi connectivity index (χ1n) is 8.03. The number of nitrogens with one attached hydrogen (secondary N) is 1. The molecule has 1 N–H and O–H groups in total. The number of halogens is 1. The molecule has 1 aliphatic heterocycles. The van der Waals surface area contributed by atoms with Crippen molar-refractivity contribution in [3.8, 4) is 5.75 Å². The van der Waals surface area contributed by atoms with Gasteiger partial charge in [0.25, 0.3) is 0 Å². The zero-order chi connectivity index (χ0) is 16.2. The van der Waals surface area contributed by atoms with Gasteiger partial charge in [-0.05, 0) is 78.0 Å². The predicted octanol–water partition coefficient (Wildman–Crippen LogP) is 3.47. The summed E-state index contributed by atoms with van der Waals surface area (Å²) in [7, 11) is 4.13. The summed E-state index contributed by atoms with van der Waals surface area (Å²) in [4.78, 5) is 2.13. The van der Waals surface area contributed by atoms with Gasteiger partial charge in [0.2, 0.25) is 0 Å². The molecule has 0 fully saturated rings. The molecule has 0 bridgehead atoms. The summed E-state index contributed by atoms with van der Waals surface area (Å²) in [5.74, 6) is 0.981. The van der Waals surface area contributed by atoms with Crippen LogP contribution < -0.4 is 10.1 Å². The molecule has 3 nitrogen and oxygen atoms in total. The van der Waals surface area contributed by atoms with Gasteiger partial charge in [-0.2, -0.15) is 0 Å². The lowest BCUT2D eigenvalue weighted by Crippen LogP contribution is -2.31. The van der Waals surface area contributed by atoms with Gasteiger partial charge >= 0.3 is 0 Å². The number of ether oxygens (including phenoxy) is 1. The van der Waals surface area contributed by atoms with Crippen LogP contribution in [0.25, 0.3) is 0 Å². The van der Waals surface area contributed by atoms with Crippen LogP contribution in [-0.2, 0) is 6.42 Å². The van der Waals surface area contributed by atoms with Crippen LogP contribution in [0.4, 0.5) is 0 Å². The number of fused-ring (bicyclic) bond motifs is 1. The monoisotopic (exact) mass is 422 g/mol. The lowest BCUT2D eigenvalue weighted by molar-refractivity contribution is 0.261. The Balaban J connectivity index is 1.81. The van der Waals surface area contributed by atoms with E-state index in [0.29, 0.717) is 0 Å². The van der Waals surface area contributed by atoms with Crippen molar-refractivity contribution in [3.63, 3.8) is 0 Å². The summed E-state index contributed by atoms with van der Waals surface area (Å²) in [5.41, 5.74) is 4.13. The van der Waals surface area contributed by atoms with E-state index in [1.807, 2.05) is 0 Å². The SMILES string of the molecule is CN(C)CCOc1ccc2c(c1)CCNC2c1ccccc1I. The fourth-order valence-electron chi connectivity index (χ4n) is 2.96. The number of nitrogens with zero attached hydrogens (tertiary/aromatic N) is 1. The Bertz CT molecular complexity index is 672. The number of hydrogen-bond acceptors (Lipinski definition) is 3. The van der Waals surface area contributed by atoms with Crippen molar-refractivity contribution >= 4 is 22.6 Å². The highest BCUT2D eigenvalue weighted by Crippen LogP contribution is 2.33. The summed E-state index contributed by atoms with van der Waals surface area (Å²) in [6.07, 6.45) is 1.06. The average Bonchev–Trinajstić information content (AvgIpc) is 2.54. The van der Waals surface area contributed by atoms with Gasteiger partial charge in [-0.25, -0.2) is 0 Å². The van der Waals surface area contributed by atoms with E-state index in [1.54, 1.807) is 0 Å². The fraction of sp³-hybridized carbons (Fsp3) is 0.368. The Kier molecular flexibility index (Phi) is 5.56. The number of benzene rings is 2. The largest absolute Gasteiger partial charge is 0.492 e. The summed E-state index contributed by atoms with van der Waals surface area (Å²) in [5, 5.41) is 3.66. The maximum atomic E-state index is 5.88. The minimum Gasteiger partial charge on any atom is -0.492 e. The van der Waals surface area contributed by atoms with Gasteiger partial charge in [0.1, 0.15) is 12.4 Å². The van der Waals surface area contributed by atoms with Crippen LogP contribution in [0.2, 0.25) is 0 Å². The molecule has 2 aromatic rings. The zero-order valence-electron chi connectivity index (χ0n) is 13.7. The first-order chi connectivity index (χ1) is 11.1. The second-order valence-electron chi connectivity index (χ2n) is 6.17. The van der Waals surface area contributed by atoms with Gasteiger partial charge in [0, 0.05) is 16.7 Å². The molecule has 0 spiro atoms. The molecule has 0 aromatic heterocycles. The summed E-state index contributed by atoms with van der Waals surface area (Å²) >= 11 is 2.42. The van der Waals surface area contributed by atoms with Gasteiger partial charge < -0.3 is 15.0 Å². The molecule has 1 heterocycles. The van der Waals surface area contributed by atoms with Crippen molar-refractivity contribution < 1.29 is 4.74 Å². The minimum atomic E-state index is 0.280. The van der Waals surface area contributed by atoms with Crippen molar-refractivity contribution in [1.29, 1.82) is 0 Å². The Morgan fingerprint density at radius 1 is 1.17 bits per heavy atom. The van der Waals surface area contributed by atoms with Crippen LogP contribution in [-0.4, -0.2) is 38.7 Å². The molecule has 0 radical (unpaired) electrons. The van der Waals surface area contributed by atoms with Crippen LogP contribution in [0.15, 0.2) is 42.5 Å². The molecular formula is C19H23IN2O. The molecule has 1 unspecified atom stereocenters. The van der Waals surface area contributed by atoms with Gasteiger partial charge in [-0.3, -0.25) is 0 Å². The third-order valence-electron chi connectivity index (χ3n) is 4.19. The molecule has 0 saturated heterocycles. The van der Waals surface area contributed by atoms with Crippen LogP contribution in [0, 0.1) is 3.57 Å². The molecule has 1 atom stereocenters. The van der Waals surface area contributed by atoms with Crippen molar-refractivity contribution in [2.75, 3.05) is 33.8 Å². The first kappa shape index (κ1) is 16.7. The van der Waals surface area contributed by atoms with E-state index in [2.05, 4.69) is 89.4 Å². The molecule has 0 aliphatic carbocycles. The van der Waals surface area contributed by atoms with Crippen molar-refractivity contribution in [3.05, 3.63) is 62.7 Å². The van der Waals surface area contributed by atoms with Gasteiger partial charge in [-0.1, -0.05) is 24.3 Å². The highest BCUT2D eigenvalue weighted by Gasteiger charge is 2.23. The van der Waals surface area contributed by atoms with Crippen LogP contribution >= 0.6 is 22.6 Å². The Labute approximate surface area is 152 Å². The van der Waals surface area contributed by atoms with Crippen LogP contribution in [0.3, 0.4) is 0 Å². The highest BCUT2D eigenvalue weighted by atomic mass is 127. The molecule has 0 amide bonds. The maximum absolute atomic E-state index is 5.88. The molecule has 1 aliphatic rings. The van der Waals surface area contributed by atoms with E-state index in [-0.39, 0.29) is 6.04 Å². The molecular weight excluding hydrogens is 399 g/mol. The zero-order valence-corrected chi connectivity index (χ0v) is 15.8. The molecule has 122 valence electrons. The van der Waals surface area contributed by atoms with Crippen molar-refractivity contribution in [2.45, 2.75) is 12.5 Å². The van der Waals surface area contributed by atoms with E-state index >= 15 is 0 Å². The second-order valence-corrected chi connectivity index (χ2v) is 7.33. The Hall–Kier alpha value is -1.11. The molecule has 3 rings (SSSR count). The summed E-state index contributed by atoms with van der Waals surface area (Å²) in [6.45, 7) is 2.66. The molecule has 2 aromatic carbocycles.